The number of anilines is 1. The third kappa shape index (κ3) is 2.90. The largest absolute Gasteiger partial charge is 0.419 e. The Balaban J connectivity index is 1.87. The zero-order valence-corrected chi connectivity index (χ0v) is 11.7. The maximum Gasteiger partial charge on any atom is 0.419 e. The maximum atomic E-state index is 12.5. The lowest BCUT2D eigenvalue weighted by atomic mass is 10.0. The number of fused-ring (bicyclic) bond motifs is 1. The summed E-state index contributed by atoms with van der Waals surface area (Å²) >= 11 is 0. The number of hydrogen-bond donors (Lipinski definition) is 1. The van der Waals surface area contributed by atoms with E-state index in [1.165, 1.54) is 0 Å². The lowest BCUT2D eigenvalue weighted by molar-refractivity contribution is 0.207. The van der Waals surface area contributed by atoms with Crippen molar-refractivity contribution in [3.8, 4) is 5.75 Å². The van der Waals surface area contributed by atoms with Gasteiger partial charge in [0.15, 0.2) is 0 Å². The second kappa shape index (κ2) is 5.97. The van der Waals surface area contributed by atoms with Crippen LogP contribution in [0.1, 0.15) is 24.4 Å². The zero-order chi connectivity index (χ0) is 14.7. The Morgan fingerprint density at radius 2 is 1.81 bits per heavy atom. The van der Waals surface area contributed by atoms with Gasteiger partial charge in [0.25, 0.3) is 0 Å². The van der Waals surface area contributed by atoms with Gasteiger partial charge in [0.2, 0.25) is 0 Å². The summed E-state index contributed by atoms with van der Waals surface area (Å²) in [4.78, 5) is 14.1. The van der Waals surface area contributed by atoms with Crippen molar-refractivity contribution < 1.29 is 9.53 Å². The van der Waals surface area contributed by atoms with E-state index in [4.69, 9.17) is 10.5 Å². The van der Waals surface area contributed by atoms with E-state index in [1.807, 2.05) is 42.5 Å². The Morgan fingerprint density at radius 3 is 2.62 bits per heavy atom. The molecule has 2 aromatic rings. The van der Waals surface area contributed by atoms with Gasteiger partial charge in [-0.05, 0) is 36.6 Å². The van der Waals surface area contributed by atoms with Crippen molar-refractivity contribution in [3.63, 3.8) is 0 Å². The van der Waals surface area contributed by atoms with Gasteiger partial charge in [0.1, 0.15) is 5.75 Å². The van der Waals surface area contributed by atoms with Gasteiger partial charge in [-0.3, -0.25) is 4.90 Å². The van der Waals surface area contributed by atoms with E-state index in [2.05, 4.69) is 0 Å². The van der Waals surface area contributed by atoms with Crippen LogP contribution in [0.25, 0.3) is 0 Å². The molecule has 0 aliphatic carbocycles. The first-order valence-electron chi connectivity index (χ1n) is 7.14. The molecule has 0 spiro atoms. The monoisotopic (exact) mass is 282 g/mol. The van der Waals surface area contributed by atoms with Crippen molar-refractivity contribution in [1.29, 1.82) is 0 Å². The fourth-order valence-corrected chi connectivity index (χ4v) is 2.63. The molecular weight excluding hydrogens is 264 g/mol. The number of rotatable bonds is 1. The van der Waals surface area contributed by atoms with E-state index in [1.54, 1.807) is 17.0 Å². The molecule has 0 radical (unpaired) electrons. The standard InChI is InChI=1S/C17H18N2O2/c18-15-10-6-12-19(16-11-5-4-9-14(15)16)17(20)21-13-7-2-1-3-8-13/h1-5,7-9,11,15H,6,10,12,18H2. The molecule has 21 heavy (non-hydrogen) atoms. The van der Waals surface area contributed by atoms with Crippen molar-refractivity contribution in [1.82, 2.24) is 0 Å². The number of carbonyl (C=O) groups excluding carboxylic acids is 1. The highest BCUT2D eigenvalue weighted by Crippen LogP contribution is 2.31. The number of nitrogens with zero attached hydrogens (tertiary/aromatic N) is 1. The van der Waals surface area contributed by atoms with Crippen LogP contribution in [0.3, 0.4) is 0 Å². The highest BCUT2D eigenvalue weighted by molar-refractivity contribution is 5.90. The highest BCUT2D eigenvalue weighted by Gasteiger charge is 2.25. The second-order valence-corrected chi connectivity index (χ2v) is 5.14. The van der Waals surface area contributed by atoms with Crippen molar-refractivity contribution in [2.24, 2.45) is 5.73 Å². The van der Waals surface area contributed by atoms with E-state index < -0.39 is 0 Å². The molecule has 0 saturated carbocycles. The molecule has 1 unspecified atom stereocenters. The van der Waals surface area contributed by atoms with Crippen molar-refractivity contribution in [2.75, 3.05) is 11.4 Å². The predicted octanol–water partition coefficient (Wildman–Crippen LogP) is 3.49. The first-order chi connectivity index (χ1) is 10.3. The molecule has 0 saturated heterocycles. The van der Waals surface area contributed by atoms with Gasteiger partial charge in [-0.1, -0.05) is 36.4 Å². The van der Waals surface area contributed by atoms with Crippen LogP contribution in [-0.2, 0) is 0 Å². The van der Waals surface area contributed by atoms with E-state index in [0.717, 1.165) is 24.1 Å². The minimum atomic E-state index is -0.359. The summed E-state index contributed by atoms with van der Waals surface area (Å²) in [6.07, 6.45) is 1.37. The van der Waals surface area contributed by atoms with Crippen LogP contribution >= 0.6 is 0 Å². The van der Waals surface area contributed by atoms with Gasteiger partial charge >= 0.3 is 6.09 Å². The number of nitrogens with two attached hydrogens (primary N) is 1. The zero-order valence-electron chi connectivity index (χ0n) is 11.7. The third-order valence-electron chi connectivity index (χ3n) is 3.69. The SMILES string of the molecule is NC1CCCN(C(=O)Oc2ccccc2)c2ccccc21. The van der Waals surface area contributed by atoms with Crippen molar-refractivity contribution in [2.45, 2.75) is 18.9 Å². The van der Waals surface area contributed by atoms with E-state index in [0.29, 0.717) is 12.3 Å². The fourth-order valence-electron chi connectivity index (χ4n) is 2.63. The van der Waals surface area contributed by atoms with Crippen LogP contribution in [0.4, 0.5) is 10.5 Å². The average Bonchev–Trinajstić information content (AvgIpc) is 2.68. The number of carbonyl (C=O) groups is 1. The molecule has 3 rings (SSSR count). The minimum absolute atomic E-state index is 0.0317. The van der Waals surface area contributed by atoms with E-state index in [-0.39, 0.29) is 12.1 Å². The molecule has 1 amide bonds. The van der Waals surface area contributed by atoms with Crippen LogP contribution in [0.15, 0.2) is 54.6 Å². The van der Waals surface area contributed by atoms with Gasteiger partial charge in [-0.2, -0.15) is 0 Å². The van der Waals surface area contributed by atoms with E-state index >= 15 is 0 Å². The van der Waals surface area contributed by atoms with Gasteiger partial charge in [0, 0.05) is 12.6 Å². The molecule has 4 heteroatoms. The van der Waals surface area contributed by atoms with Crippen LogP contribution in [-0.4, -0.2) is 12.6 Å². The molecule has 2 aromatic carbocycles. The van der Waals surface area contributed by atoms with Gasteiger partial charge < -0.3 is 10.5 Å². The summed E-state index contributed by atoms with van der Waals surface area (Å²) in [6, 6.07) is 16.9. The van der Waals surface area contributed by atoms with Crippen molar-refractivity contribution >= 4 is 11.8 Å². The Labute approximate surface area is 124 Å². The molecule has 1 aliphatic rings. The first-order valence-corrected chi connectivity index (χ1v) is 7.14. The van der Waals surface area contributed by atoms with Crippen LogP contribution in [0, 0.1) is 0 Å². The van der Waals surface area contributed by atoms with Gasteiger partial charge in [-0.25, -0.2) is 4.79 Å². The summed E-state index contributed by atoms with van der Waals surface area (Å²) in [6.45, 7) is 0.621. The van der Waals surface area contributed by atoms with Gasteiger partial charge in [-0.15, -0.1) is 0 Å². The van der Waals surface area contributed by atoms with E-state index in [9.17, 15) is 4.79 Å². The summed E-state index contributed by atoms with van der Waals surface area (Å²) in [7, 11) is 0. The fraction of sp³-hybridized carbons (Fsp3) is 0.235. The molecule has 1 heterocycles. The number of amides is 1. The number of hydrogen-bond acceptors (Lipinski definition) is 3. The molecule has 4 nitrogen and oxygen atoms in total. The summed E-state index contributed by atoms with van der Waals surface area (Å²) in [5.41, 5.74) is 8.03. The topological polar surface area (TPSA) is 55.6 Å². The Kier molecular flexibility index (Phi) is 3.88. The molecule has 0 aromatic heterocycles. The summed E-state index contributed by atoms with van der Waals surface area (Å²) < 4.78 is 5.45. The Morgan fingerprint density at radius 1 is 1.10 bits per heavy atom. The summed E-state index contributed by atoms with van der Waals surface area (Å²) in [5.74, 6) is 0.550. The summed E-state index contributed by atoms with van der Waals surface area (Å²) in [5, 5.41) is 0. The molecular formula is C17H18N2O2. The lowest BCUT2D eigenvalue weighted by Gasteiger charge is -2.22. The molecule has 0 fully saturated rings. The van der Waals surface area contributed by atoms with Gasteiger partial charge in [0.05, 0.1) is 5.69 Å². The number of benzene rings is 2. The normalized spacial score (nSPS) is 17.8. The molecule has 0 bridgehead atoms. The van der Waals surface area contributed by atoms with Crippen LogP contribution in [0.5, 0.6) is 5.75 Å². The van der Waals surface area contributed by atoms with Crippen LogP contribution in [0.2, 0.25) is 0 Å². The first kappa shape index (κ1) is 13.6. The lowest BCUT2D eigenvalue weighted by Crippen LogP contribution is -2.34. The molecule has 1 aliphatic heterocycles. The smallest absolute Gasteiger partial charge is 0.410 e. The Bertz CT molecular complexity index is 628. The molecule has 108 valence electrons. The van der Waals surface area contributed by atoms with Crippen molar-refractivity contribution in [3.05, 3.63) is 60.2 Å². The number of para-hydroxylation sites is 2. The number of ether oxygens (including phenoxy) is 1. The average molecular weight is 282 g/mol. The Hall–Kier alpha value is -2.33. The highest BCUT2D eigenvalue weighted by atomic mass is 16.6. The second-order valence-electron chi connectivity index (χ2n) is 5.14. The molecule has 2 N–H and O–H groups in total. The maximum absolute atomic E-state index is 12.5. The quantitative estimate of drug-likeness (QED) is 0.871. The van der Waals surface area contributed by atoms with Crippen LogP contribution < -0.4 is 15.4 Å². The molecule has 1 atom stereocenters. The third-order valence-corrected chi connectivity index (χ3v) is 3.69. The predicted molar refractivity (Wildman–Crippen MR) is 82.4 cm³/mol. The minimum Gasteiger partial charge on any atom is -0.410 e.